The number of carbonyl (C=O) groups is 2. The van der Waals surface area contributed by atoms with Crippen molar-refractivity contribution in [1.29, 1.82) is 0 Å². The first kappa shape index (κ1) is 12.9. The van der Waals surface area contributed by atoms with Crippen LogP contribution in [0, 0.1) is 11.8 Å². The lowest BCUT2D eigenvalue weighted by Gasteiger charge is -2.16. The lowest BCUT2D eigenvalue weighted by molar-refractivity contribution is -0.148. The fourth-order valence-corrected chi connectivity index (χ4v) is 1.76. The number of carboxylic acid groups (broad SMARTS) is 1. The molecule has 1 heterocycles. The Morgan fingerprint density at radius 3 is 2.69 bits per heavy atom. The van der Waals surface area contributed by atoms with E-state index in [0.717, 1.165) is 6.54 Å². The van der Waals surface area contributed by atoms with Gasteiger partial charge in [-0.25, -0.2) is 4.79 Å². The Hall–Kier alpha value is -1.14. The molecule has 1 aliphatic heterocycles. The van der Waals surface area contributed by atoms with E-state index in [2.05, 4.69) is 10.6 Å². The third kappa shape index (κ3) is 3.18. The summed E-state index contributed by atoms with van der Waals surface area (Å²) in [4.78, 5) is 22.3. The number of rotatable bonds is 5. The molecule has 0 aromatic carbocycles. The van der Waals surface area contributed by atoms with E-state index in [0.29, 0.717) is 6.54 Å². The SMILES string of the molecule is COC(CNC(=O)C1CNCC1C)C(=O)O. The lowest BCUT2D eigenvalue weighted by atomic mass is 9.97. The fraction of sp³-hybridized carbons (Fsp3) is 0.800. The summed E-state index contributed by atoms with van der Waals surface area (Å²) in [6.45, 7) is 3.48. The molecule has 92 valence electrons. The Labute approximate surface area is 94.3 Å². The third-order valence-corrected chi connectivity index (χ3v) is 2.88. The zero-order chi connectivity index (χ0) is 12.1. The van der Waals surface area contributed by atoms with Crippen molar-refractivity contribution in [2.24, 2.45) is 11.8 Å². The molecule has 0 bridgehead atoms. The molecule has 3 N–H and O–H groups in total. The van der Waals surface area contributed by atoms with Crippen molar-refractivity contribution in [3.8, 4) is 0 Å². The summed E-state index contributed by atoms with van der Waals surface area (Å²) < 4.78 is 4.72. The molecule has 6 heteroatoms. The molecule has 0 saturated carbocycles. The summed E-state index contributed by atoms with van der Waals surface area (Å²) in [6.07, 6.45) is -0.978. The number of nitrogens with one attached hydrogen (secondary N) is 2. The monoisotopic (exact) mass is 230 g/mol. The van der Waals surface area contributed by atoms with Crippen LogP contribution in [0.2, 0.25) is 0 Å². The zero-order valence-corrected chi connectivity index (χ0v) is 9.53. The molecule has 1 rings (SSSR count). The predicted molar refractivity (Wildman–Crippen MR) is 57.0 cm³/mol. The fourth-order valence-electron chi connectivity index (χ4n) is 1.76. The minimum absolute atomic E-state index is 0.00782. The average molecular weight is 230 g/mol. The van der Waals surface area contributed by atoms with Gasteiger partial charge in [0.15, 0.2) is 6.10 Å². The van der Waals surface area contributed by atoms with Gasteiger partial charge in [0, 0.05) is 13.7 Å². The third-order valence-electron chi connectivity index (χ3n) is 2.88. The summed E-state index contributed by atoms with van der Waals surface area (Å²) in [5.74, 6) is -0.974. The van der Waals surface area contributed by atoms with Gasteiger partial charge in [-0.1, -0.05) is 6.92 Å². The van der Waals surface area contributed by atoms with Crippen LogP contribution in [0.1, 0.15) is 6.92 Å². The van der Waals surface area contributed by atoms with Crippen LogP contribution in [-0.2, 0) is 14.3 Å². The van der Waals surface area contributed by atoms with E-state index in [1.807, 2.05) is 6.92 Å². The molecule has 0 aromatic rings. The van der Waals surface area contributed by atoms with E-state index in [1.165, 1.54) is 7.11 Å². The normalized spacial score (nSPS) is 26.4. The van der Waals surface area contributed by atoms with Crippen LogP contribution in [0.4, 0.5) is 0 Å². The van der Waals surface area contributed by atoms with E-state index in [1.54, 1.807) is 0 Å². The van der Waals surface area contributed by atoms with Crippen LogP contribution < -0.4 is 10.6 Å². The molecule has 3 atom stereocenters. The molecule has 1 aliphatic rings. The van der Waals surface area contributed by atoms with Crippen LogP contribution in [0.5, 0.6) is 0 Å². The highest BCUT2D eigenvalue weighted by molar-refractivity contribution is 5.80. The van der Waals surface area contributed by atoms with E-state index in [4.69, 9.17) is 9.84 Å². The second kappa shape index (κ2) is 5.81. The van der Waals surface area contributed by atoms with Gasteiger partial charge in [-0.3, -0.25) is 4.79 Å². The highest BCUT2D eigenvalue weighted by Gasteiger charge is 2.30. The first-order valence-corrected chi connectivity index (χ1v) is 5.30. The van der Waals surface area contributed by atoms with Gasteiger partial charge in [-0.15, -0.1) is 0 Å². The van der Waals surface area contributed by atoms with Crippen molar-refractivity contribution < 1.29 is 19.4 Å². The van der Waals surface area contributed by atoms with Crippen molar-refractivity contribution in [3.63, 3.8) is 0 Å². The summed E-state index contributed by atoms with van der Waals surface area (Å²) >= 11 is 0. The van der Waals surface area contributed by atoms with Crippen molar-refractivity contribution in [1.82, 2.24) is 10.6 Å². The molecule has 16 heavy (non-hydrogen) atoms. The van der Waals surface area contributed by atoms with E-state index in [9.17, 15) is 9.59 Å². The number of ether oxygens (including phenoxy) is 1. The maximum Gasteiger partial charge on any atom is 0.334 e. The van der Waals surface area contributed by atoms with E-state index >= 15 is 0 Å². The van der Waals surface area contributed by atoms with Crippen molar-refractivity contribution in [2.75, 3.05) is 26.7 Å². The van der Waals surface area contributed by atoms with Crippen LogP contribution in [0.15, 0.2) is 0 Å². The van der Waals surface area contributed by atoms with Gasteiger partial charge < -0.3 is 20.5 Å². The van der Waals surface area contributed by atoms with E-state index in [-0.39, 0.29) is 24.3 Å². The minimum Gasteiger partial charge on any atom is -0.479 e. The number of hydrogen-bond acceptors (Lipinski definition) is 4. The largest absolute Gasteiger partial charge is 0.479 e. The molecule has 1 saturated heterocycles. The molecule has 3 unspecified atom stereocenters. The quantitative estimate of drug-likeness (QED) is 0.567. The summed E-state index contributed by atoms with van der Waals surface area (Å²) in [5, 5.41) is 14.4. The average Bonchev–Trinajstić information content (AvgIpc) is 2.64. The highest BCUT2D eigenvalue weighted by Crippen LogP contribution is 2.15. The van der Waals surface area contributed by atoms with Crippen LogP contribution in [-0.4, -0.2) is 49.8 Å². The summed E-state index contributed by atoms with van der Waals surface area (Å²) in [7, 11) is 1.31. The standard InChI is InChI=1S/C10H18N2O4/c1-6-3-11-4-7(6)9(13)12-5-8(16-2)10(14)15/h6-8,11H,3-5H2,1-2H3,(H,12,13)(H,14,15). The molecule has 0 spiro atoms. The molecule has 6 nitrogen and oxygen atoms in total. The Bertz CT molecular complexity index is 270. The van der Waals surface area contributed by atoms with Gasteiger partial charge >= 0.3 is 5.97 Å². The van der Waals surface area contributed by atoms with Gasteiger partial charge in [0.1, 0.15) is 0 Å². The molecule has 1 fully saturated rings. The molecule has 0 aromatic heterocycles. The van der Waals surface area contributed by atoms with Gasteiger partial charge in [0.2, 0.25) is 5.91 Å². The summed E-state index contributed by atoms with van der Waals surface area (Å²) in [6, 6.07) is 0. The second-order valence-electron chi connectivity index (χ2n) is 4.05. The topological polar surface area (TPSA) is 87.7 Å². The smallest absolute Gasteiger partial charge is 0.334 e. The van der Waals surface area contributed by atoms with Crippen LogP contribution in [0.25, 0.3) is 0 Å². The Kier molecular flexibility index (Phi) is 4.70. The van der Waals surface area contributed by atoms with Crippen molar-refractivity contribution >= 4 is 11.9 Å². The lowest BCUT2D eigenvalue weighted by Crippen LogP contribution is -2.41. The number of aliphatic carboxylic acids is 1. The maximum atomic E-state index is 11.7. The molecule has 1 amide bonds. The first-order valence-electron chi connectivity index (χ1n) is 5.30. The number of carboxylic acids is 1. The molecule has 0 aliphatic carbocycles. The number of hydrogen-bond donors (Lipinski definition) is 3. The van der Waals surface area contributed by atoms with Gasteiger partial charge in [-0.2, -0.15) is 0 Å². The minimum atomic E-state index is -1.07. The first-order chi connectivity index (χ1) is 7.56. The van der Waals surface area contributed by atoms with Gasteiger partial charge in [0.05, 0.1) is 12.5 Å². The molecular formula is C10H18N2O4. The maximum absolute atomic E-state index is 11.7. The zero-order valence-electron chi connectivity index (χ0n) is 9.53. The van der Waals surface area contributed by atoms with Crippen molar-refractivity contribution in [3.05, 3.63) is 0 Å². The number of amides is 1. The molecule has 0 radical (unpaired) electrons. The second-order valence-corrected chi connectivity index (χ2v) is 4.05. The van der Waals surface area contributed by atoms with Crippen LogP contribution >= 0.6 is 0 Å². The van der Waals surface area contributed by atoms with Gasteiger partial charge in [-0.05, 0) is 12.5 Å². The highest BCUT2D eigenvalue weighted by atomic mass is 16.5. The molecular weight excluding hydrogens is 212 g/mol. The van der Waals surface area contributed by atoms with Gasteiger partial charge in [0.25, 0.3) is 0 Å². The summed E-state index contributed by atoms with van der Waals surface area (Å²) in [5.41, 5.74) is 0. The van der Waals surface area contributed by atoms with Crippen LogP contribution in [0.3, 0.4) is 0 Å². The Morgan fingerprint density at radius 1 is 1.56 bits per heavy atom. The van der Waals surface area contributed by atoms with Crippen molar-refractivity contribution in [2.45, 2.75) is 13.0 Å². The van der Waals surface area contributed by atoms with E-state index < -0.39 is 12.1 Å². The Balaban J connectivity index is 2.37. The predicted octanol–water partition coefficient (Wildman–Crippen LogP) is -0.942. The number of carbonyl (C=O) groups excluding carboxylic acids is 1. The Morgan fingerprint density at radius 2 is 2.25 bits per heavy atom. The number of methoxy groups -OCH3 is 1.